The number of carbonyl (C=O) groups is 1. The highest BCUT2D eigenvalue weighted by Gasteiger charge is 2.05. The van der Waals surface area contributed by atoms with E-state index in [2.05, 4.69) is 43.0 Å². The Morgan fingerprint density at radius 1 is 0.923 bits per heavy atom. The molecule has 2 nitrogen and oxygen atoms in total. The molecule has 0 aliphatic carbocycles. The SMILES string of the molecule is CC(=O)CC(C)CCc1ccc(C#Cc2ccc(OC(C)C)cc2)cc1. The lowest BCUT2D eigenvalue weighted by molar-refractivity contribution is -0.117. The van der Waals surface area contributed by atoms with E-state index in [-0.39, 0.29) is 11.9 Å². The lowest BCUT2D eigenvalue weighted by atomic mass is 9.96. The molecule has 0 aromatic heterocycles. The van der Waals surface area contributed by atoms with Gasteiger partial charge in [0.05, 0.1) is 6.10 Å². The molecule has 0 N–H and O–H groups in total. The fourth-order valence-electron chi connectivity index (χ4n) is 2.79. The van der Waals surface area contributed by atoms with Gasteiger partial charge in [-0.2, -0.15) is 0 Å². The lowest BCUT2D eigenvalue weighted by Crippen LogP contribution is -2.05. The van der Waals surface area contributed by atoms with Gasteiger partial charge in [0.2, 0.25) is 0 Å². The van der Waals surface area contributed by atoms with Gasteiger partial charge in [0.15, 0.2) is 0 Å². The minimum Gasteiger partial charge on any atom is -0.491 e. The van der Waals surface area contributed by atoms with Crippen LogP contribution >= 0.6 is 0 Å². The topological polar surface area (TPSA) is 26.3 Å². The van der Waals surface area contributed by atoms with E-state index >= 15 is 0 Å². The van der Waals surface area contributed by atoms with Crippen molar-refractivity contribution in [2.75, 3.05) is 0 Å². The number of benzene rings is 2. The van der Waals surface area contributed by atoms with Crippen LogP contribution in [0.3, 0.4) is 0 Å². The predicted octanol–water partition coefficient (Wildman–Crippen LogP) is 5.42. The Balaban J connectivity index is 1.91. The number of ether oxygens (including phenoxy) is 1. The zero-order chi connectivity index (χ0) is 18.9. The van der Waals surface area contributed by atoms with Gasteiger partial charge in [0.25, 0.3) is 0 Å². The highest BCUT2D eigenvalue weighted by Crippen LogP contribution is 2.15. The second-order valence-electron chi connectivity index (χ2n) is 7.19. The van der Waals surface area contributed by atoms with Gasteiger partial charge in [0, 0.05) is 17.5 Å². The maximum Gasteiger partial charge on any atom is 0.130 e. The molecule has 0 amide bonds. The van der Waals surface area contributed by atoms with Crippen LogP contribution < -0.4 is 4.74 Å². The van der Waals surface area contributed by atoms with Crippen LogP contribution in [0.15, 0.2) is 48.5 Å². The standard InChI is InChI=1S/C24H28O2/c1-18(2)26-24-15-13-23(14-16-24)12-11-22-9-7-21(8-10-22)6-5-19(3)17-20(4)25/h7-10,13-16,18-19H,5-6,17H2,1-4H3. The second kappa shape index (κ2) is 9.82. The molecule has 0 aliphatic heterocycles. The molecule has 0 saturated heterocycles. The van der Waals surface area contributed by atoms with Crippen LogP contribution in [-0.2, 0) is 11.2 Å². The van der Waals surface area contributed by atoms with E-state index in [0.29, 0.717) is 12.3 Å². The van der Waals surface area contributed by atoms with Crippen LogP contribution in [0.2, 0.25) is 0 Å². The number of Topliss-reactive ketones (excluding diaryl/α,β-unsaturated/α-hetero) is 1. The zero-order valence-corrected chi connectivity index (χ0v) is 16.2. The van der Waals surface area contributed by atoms with Gasteiger partial charge >= 0.3 is 0 Å². The third kappa shape index (κ3) is 7.15. The Kier molecular flexibility index (Phi) is 7.48. The van der Waals surface area contributed by atoms with Crippen LogP contribution in [0.5, 0.6) is 5.75 Å². The van der Waals surface area contributed by atoms with Gasteiger partial charge < -0.3 is 9.53 Å². The lowest BCUT2D eigenvalue weighted by Gasteiger charge is -2.09. The smallest absolute Gasteiger partial charge is 0.130 e. The molecule has 2 heteroatoms. The molecule has 2 aromatic carbocycles. The van der Waals surface area contributed by atoms with Crippen molar-refractivity contribution in [1.82, 2.24) is 0 Å². The van der Waals surface area contributed by atoms with Crippen molar-refractivity contribution in [3.63, 3.8) is 0 Å². The second-order valence-corrected chi connectivity index (χ2v) is 7.19. The Morgan fingerprint density at radius 3 is 1.96 bits per heavy atom. The van der Waals surface area contributed by atoms with Crippen molar-refractivity contribution in [2.45, 2.75) is 53.1 Å². The average Bonchev–Trinajstić information content (AvgIpc) is 2.59. The van der Waals surface area contributed by atoms with Crippen molar-refractivity contribution in [2.24, 2.45) is 5.92 Å². The summed E-state index contributed by atoms with van der Waals surface area (Å²) in [5, 5.41) is 0. The van der Waals surface area contributed by atoms with E-state index in [4.69, 9.17) is 4.74 Å². The summed E-state index contributed by atoms with van der Waals surface area (Å²) in [4.78, 5) is 11.1. The zero-order valence-electron chi connectivity index (χ0n) is 16.2. The molecule has 1 unspecified atom stereocenters. The van der Waals surface area contributed by atoms with Crippen molar-refractivity contribution in [3.05, 3.63) is 65.2 Å². The minimum absolute atomic E-state index is 0.177. The molecule has 0 aliphatic rings. The highest BCUT2D eigenvalue weighted by atomic mass is 16.5. The quantitative estimate of drug-likeness (QED) is 0.624. The molecule has 0 bridgehead atoms. The maximum atomic E-state index is 11.1. The van der Waals surface area contributed by atoms with Crippen LogP contribution in [0.1, 0.15) is 57.2 Å². The Morgan fingerprint density at radius 2 is 1.46 bits per heavy atom. The van der Waals surface area contributed by atoms with Crippen LogP contribution in [0, 0.1) is 17.8 Å². The van der Waals surface area contributed by atoms with E-state index in [0.717, 1.165) is 29.7 Å². The summed E-state index contributed by atoms with van der Waals surface area (Å²) in [5.41, 5.74) is 3.28. The molecule has 1 atom stereocenters. The first-order valence-electron chi connectivity index (χ1n) is 9.29. The molecular formula is C24H28O2. The first-order valence-corrected chi connectivity index (χ1v) is 9.29. The van der Waals surface area contributed by atoms with E-state index in [1.54, 1.807) is 6.92 Å². The first kappa shape index (κ1) is 19.8. The monoisotopic (exact) mass is 348 g/mol. The predicted molar refractivity (Wildman–Crippen MR) is 107 cm³/mol. The van der Waals surface area contributed by atoms with E-state index in [1.807, 2.05) is 38.1 Å². The van der Waals surface area contributed by atoms with Crippen molar-refractivity contribution >= 4 is 5.78 Å². The van der Waals surface area contributed by atoms with Crippen molar-refractivity contribution in [1.29, 1.82) is 0 Å². The third-order valence-corrected chi connectivity index (χ3v) is 4.09. The molecular weight excluding hydrogens is 320 g/mol. The summed E-state index contributed by atoms with van der Waals surface area (Å²) in [6, 6.07) is 16.3. The number of ketones is 1. The highest BCUT2D eigenvalue weighted by molar-refractivity contribution is 5.75. The molecule has 136 valence electrons. The molecule has 26 heavy (non-hydrogen) atoms. The molecule has 0 heterocycles. The summed E-state index contributed by atoms with van der Waals surface area (Å²) >= 11 is 0. The molecule has 0 radical (unpaired) electrons. The molecule has 0 fully saturated rings. The Hall–Kier alpha value is -2.53. The fraction of sp³-hybridized carbons (Fsp3) is 0.375. The summed E-state index contributed by atoms with van der Waals surface area (Å²) < 4.78 is 5.64. The van der Waals surface area contributed by atoms with Gasteiger partial charge in [-0.15, -0.1) is 0 Å². The van der Waals surface area contributed by atoms with Gasteiger partial charge in [-0.3, -0.25) is 0 Å². The van der Waals surface area contributed by atoms with Crippen LogP contribution in [0.25, 0.3) is 0 Å². The van der Waals surface area contributed by atoms with Crippen molar-refractivity contribution in [3.8, 4) is 17.6 Å². The van der Waals surface area contributed by atoms with Gasteiger partial charge in [0.1, 0.15) is 11.5 Å². The summed E-state index contributed by atoms with van der Waals surface area (Å²) in [7, 11) is 0. The number of rotatable bonds is 7. The fourth-order valence-corrected chi connectivity index (χ4v) is 2.79. The summed E-state index contributed by atoms with van der Waals surface area (Å²) in [5.74, 6) is 7.97. The number of hydrogen-bond donors (Lipinski definition) is 0. The van der Waals surface area contributed by atoms with Gasteiger partial charge in [-0.1, -0.05) is 30.9 Å². The molecule has 0 spiro atoms. The van der Waals surface area contributed by atoms with E-state index in [9.17, 15) is 4.79 Å². The summed E-state index contributed by atoms with van der Waals surface area (Å²) in [6.45, 7) is 7.83. The first-order chi connectivity index (χ1) is 12.4. The van der Waals surface area contributed by atoms with Gasteiger partial charge in [-0.05, 0) is 81.5 Å². The van der Waals surface area contributed by atoms with Crippen LogP contribution in [0.4, 0.5) is 0 Å². The van der Waals surface area contributed by atoms with E-state index < -0.39 is 0 Å². The molecule has 2 rings (SSSR count). The third-order valence-electron chi connectivity index (χ3n) is 4.09. The van der Waals surface area contributed by atoms with Crippen molar-refractivity contribution < 1.29 is 9.53 Å². The Labute approximate surface area is 157 Å². The minimum atomic E-state index is 0.177. The average molecular weight is 348 g/mol. The van der Waals surface area contributed by atoms with Gasteiger partial charge in [-0.25, -0.2) is 0 Å². The molecule has 0 saturated carbocycles. The number of hydrogen-bond acceptors (Lipinski definition) is 2. The van der Waals surface area contributed by atoms with Crippen LogP contribution in [-0.4, -0.2) is 11.9 Å². The largest absolute Gasteiger partial charge is 0.491 e. The summed E-state index contributed by atoms with van der Waals surface area (Å²) in [6.07, 6.45) is 2.88. The number of carbonyl (C=O) groups excluding carboxylic acids is 1. The number of aryl methyl sites for hydroxylation is 1. The Bertz CT molecular complexity index is 759. The molecule has 2 aromatic rings. The maximum absolute atomic E-state index is 11.1. The van der Waals surface area contributed by atoms with E-state index in [1.165, 1.54) is 5.56 Å². The normalized spacial score (nSPS) is 11.6.